The number of carboxylic acids is 1. The smallest absolute Gasteiger partial charge is 0.329 e. The predicted molar refractivity (Wildman–Crippen MR) is 75.9 cm³/mol. The molecule has 0 aliphatic carbocycles. The molecule has 0 amide bonds. The van der Waals surface area contributed by atoms with Crippen LogP contribution < -0.4 is 4.90 Å². The average molecular weight is 272 g/mol. The molecule has 20 heavy (non-hydrogen) atoms. The molecule has 2 aromatic rings. The molecule has 1 aromatic carbocycles. The summed E-state index contributed by atoms with van der Waals surface area (Å²) in [4.78, 5) is 17.1. The minimum Gasteiger partial charge on any atom is -0.480 e. The highest BCUT2D eigenvalue weighted by Gasteiger charge is 2.40. The first-order valence-electron chi connectivity index (χ1n) is 6.52. The zero-order valence-electron chi connectivity index (χ0n) is 11.2. The van der Waals surface area contributed by atoms with Crippen LogP contribution >= 0.6 is 0 Å². The van der Waals surface area contributed by atoms with Gasteiger partial charge in [-0.05, 0) is 19.1 Å². The normalized spacial score (nSPS) is 16.9. The number of aromatic nitrogens is 1. The average Bonchev–Trinajstić information content (AvgIpc) is 2.41. The van der Waals surface area contributed by atoms with E-state index >= 15 is 0 Å². The molecular formula is C15H16N2O3. The van der Waals surface area contributed by atoms with Crippen molar-refractivity contribution >= 4 is 22.6 Å². The highest BCUT2D eigenvalue weighted by molar-refractivity contribution is 5.91. The lowest BCUT2D eigenvalue weighted by Crippen LogP contribution is -2.62. The quantitative estimate of drug-likeness (QED) is 0.921. The number of hydrogen-bond acceptors (Lipinski definition) is 4. The van der Waals surface area contributed by atoms with Gasteiger partial charge >= 0.3 is 5.97 Å². The molecule has 5 nitrogen and oxygen atoms in total. The van der Waals surface area contributed by atoms with Crippen molar-refractivity contribution < 1.29 is 14.6 Å². The highest BCUT2D eigenvalue weighted by atomic mass is 16.5. The molecule has 2 heterocycles. The van der Waals surface area contributed by atoms with Crippen molar-refractivity contribution in [3.8, 4) is 0 Å². The molecule has 104 valence electrons. The molecule has 3 rings (SSSR count). The summed E-state index contributed by atoms with van der Waals surface area (Å²) in [5.41, 5.74) is 1.69. The lowest BCUT2D eigenvalue weighted by atomic mass is 9.95. The lowest BCUT2D eigenvalue weighted by Gasteiger charge is -2.48. The largest absolute Gasteiger partial charge is 0.480 e. The van der Waals surface area contributed by atoms with E-state index in [1.165, 1.54) is 0 Å². The number of para-hydroxylation sites is 1. The molecule has 1 N–H and O–H groups in total. The van der Waals surface area contributed by atoms with Crippen LogP contribution in [0.1, 0.15) is 6.92 Å². The molecule has 1 aliphatic rings. The maximum atomic E-state index is 10.6. The van der Waals surface area contributed by atoms with Gasteiger partial charge in [0.25, 0.3) is 0 Å². The van der Waals surface area contributed by atoms with Gasteiger partial charge in [0, 0.05) is 30.4 Å². The summed E-state index contributed by atoms with van der Waals surface area (Å²) in [6, 6.07) is 9.98. The van der Waals surface area contributed by atoms with Crippen LogP contribution in [0.2, 0.25) is 0 Å². The number of pyridine rings is 1. The number of carbonyl (C=O) groups is 1. The van der Waals surface area contributed by atoms with Crippen LogP contribution in [-0.2, 0) is 9.53 Å². The van der Waals surface area contributed by atoms with Crippen molar-refractivity contribution in [2.45, 2.75) is 12.5 Å². The summed E-state index contributed by atoms with van der Waals surface area (Å²) in [5, 5.41) is 9.78. The second kappa shape index (κ2) is 4.76. The standard InChI is InChI=1S/C15H16N2O3/c1-15(20-8-14(18)19)9-17(10-15)13-6-7-16-12-5-3-2-4-11(12)13/h2-7H,8-10H2,1H3,(H,18,19). The Bertz CT molecular complexity index is 645. The van der Waals surface area contributed by atoms with Gasteiger partial charge in [0.2, 0.25) is 0 Å². The van der Waals surface area contributed by atoms with Crippen LogP contribution in [-0.4, -0.2) is 41.4 Å². The summed E-state index contributed by atoms with van der Waals surface area (Å²) in [6.07, 6.45) is 1.80. The molecule has 1 aliphatic heterocycles. The number of hydrogen-bond donors (Lipinski definition) is 1. The van der Waals surface area contributed by atoms with Crippen molar-refractivity contribution in [2.75, 3.05) is 24.6 Å². The van der Waals surface area contributed by atoms with Crippen LogP contribution in [0.15, 0.2) is 36.5 Å². The van der Waals surface area contributed by atoms with Gasteiger partial charge in [0.15, 0.2) is 0 Å². The number of carboxylic acid groups (broad SMARTS) is 1. The molecule has 0 saturated carbocycles. The SMILES string of the molecule is CC1(OCC(=O)O)CN(c2ccnc3ccccc23)C1. The van der Waals surface area contributed by atoms with Crippen molar-refractivity contribution in [1.82, 2.24) is 4.98 Å². The zero-order valence-corrected chi connectivity index (χ0v) is 11.2. The van der Waals surface area contributed by atoms with Crippen LogP contribution in [0, 0.1) is 0 Å². The summed E-state index contributed by atoms with van der Waals surface area (Å²) in [5.74, 6) is -0.931. The first-order valence-corrected chi connectivity index (χ1v) is 6.52. The van der Waals surface area contributed by atoms with Gasteiger partial charge in [-0.25, -0.2) is 4.79 Å². The van der Waals surface area contributed by atoms with Crippen molar-refractivity contribution in [3.05, 3.63) is 36.5 Å². The molecule has 0 radical (unpaired) electrons. The fourth-order valence-corrected chi connectivity index (χ4v) is 2.62. The highest BCUT2D eigenvalue weighted by Crippen LogP contribution is 2.34. The Hall–Kier alpha value is -2.14. The molecule has 0 unspecified atom stereocenters. The van der Waals surface area contributed by atoms with Gasteiger partial charge in [-0.15, -0.1) is 0 Å². The number of fused-ring (bicyclic) bond motifs is 1. The predicted octanol–water partition coefficient (Wildman–Crippen LogP) is 1.91. The van der Waals surface area contributed by atoms with E-state index in [9.17, 15) is 4.79 Å². The Balaban J connectivity index is 1.77. The van der Waals surface area contributed by atoms with Gasteiger partial charge in [-0.3, -0.25) is 4.98 Å². The maximum Gasteiger partial charge on any atom is 0.329 e. The Labute approximate surface area is 116 Å². The van der Waals surface area contributed by atoms with Gasteiger partial charge in [-0.2, -0.15) is 0 Å². The van der Waals surface area contributed by atoms with E-state index in [2.05, 4.69) is 9.88 Å². The van der Waals surface area contributed by atoms with E-state index in [-0.39, 0.29) is 12.2 Å². The van der Waals surface area contributed by atoms with E-state index in [4.69, 9.17) is 9.84 Å². The number of ether oxygens (including phenoxy) is 1. The van der Waals surface area contributed by atoms with Crippen LogP contribution in [0.5, 0.6) is 0 Å². The summed E-state index contributed by atoms with van der Waals surface area (Å²) in [7, 11) is 0. The molecule has 1 fully saturated rings. The van der Waals surface area contributed by atoms with E-state index in [0.29, 0.717) is 13.1 Å². The van der Waals surface area contributed by atoms with E-state index in [1.54, 1.807) is 6.20 Å². The number of rotatable bonds is 4. The molecule has 0 bridgehead atoms. The Morgan fingerprint density at radius 3 is 2.90 bits per heavy atom. The lowest BCUT2D eigenvalue weighted by molar-refractivity contribution is -0.150. The van der Waals surface area contributed by atoms with Crippen molar-refractivity contribution in [2.24, 2.45) is 0 Å². The Morgan fingerprint density at radius 2 is 2.15 bits per heavy atom. The molecule has 5 heteroatoms. The number of anilines is 1. The molecule has 0 atom stereocenters. The summed E-state index contributed by atoms with van der Waals surface area (Å²) < 4.78 is 5.43. The molecule has 1 saturated heterocycles. The summed E-state index contributed by atoms with van der Waals surface area (Å²) in [6.45, 7) is 3.07. The van der Waals surface area contributed by atoms with E-state index < -0.39 is 5.97 Å². The number of nitrogens with zero attached hydrogens (tertiary/aromatic N) is 2. The Morgan fingerprint density at radius 1 is 1.40 bits per heavy atom. The van der Waals surface area contributed by atoms with Crippen LogP contribution in [0.3, 0.4) is 0 Å². The fraction of sp³-hybridized carbons (Fsp3) is 0.333. The maximum absolute atomic E-state index is 10.6. The second-order valence-corrected chi connectivity index (χ2v) is 5.34. The van der Waals surface area contributed by atoms with Gasteiger partial charge in [0.05, 0.1) is 5.52 Å². The van der Waals surface area contributed by atoms with Crippen molar-refractivity contribution in [3.63, 3.8) is 0 Å². The minimum atomic E-state index is -0.931. The molecule has 1 aromatic heterocycles. The van der Waals surface area contributed by atoms with Crippen LogP contribution in [0.4, 0.5) is 5.69 Å². The van der Waals surface area contributed by atoms with E-state index in [1.807, 2.05) is 37.3 Å². The number of benzene rings is 1. The molecule has 0 spiro atoms. The van der Waals surface area contributed by atoms with Crippen LogP contribution in [0.25, 0.3) is 10.9 Å². The minimum absolute atomic E-state index is 0.249. The van der Waals surface area contributed by atoms with Gasteiger partial charge in [0.1, 0.15) is 12.2 Å². The third-order valence-corrected chi connectivity index (χ3v) is 3.56. The summed E-state index contributed by atoms with van der Waals surface area (Å²) >= 11 is 0. The fourth-order valence-electron chi connectivity index (χ4n) is 2.62. The molecular weight excluding hydrogens is 256 g/mol. The third kappa shape index (κ3) is 2.32. The van der Waals surface area contributed by atoms with Crippen molar-refractivity contribution in [1.29, 1.82) is 0 Å². The second-order valence-electron chi connectivity index (χ2n) is 5.34. The van der Waals surface area contributed by atoms with E-state index in [0.717, 1.165) is 16.6 Å². The zero-order chi connectivity index (χ0) is 14.2. The third-order valence-electron chi connectivity index (χ3n) is 3.56. The Kier molecular flexibility index (Phi) is 3.06. The van der Waals surface area contributed by atoms with Gasteiger partial charge < -0.3 is 14.7 Å². The number of aliphatic carboxylic acids is 1. The first-order chi connectivity index (χ1) is 9.57. The van der Waals surface area contributed by atoms with Gasteiger partial charge in [-0.1, -0.05) is 18.2 Å². The monoisotopic (exact) mass is 272 g/mol. The topological polar surface area (TPSA) is 62.7 Å². The first kappa shape index (κ1) is 12.9.